The minimum absolute atomic E-state index is 0.469. The summed E-state index contributed by atoms with van der Waals surface area (Å²) in [6, 6.07) is 6.40. The third kappa shape index (κ3) is 3.27. The monoisotopic (exact) mass is 271 g/mol. The first-order valence-corrected chi connectivity index (χ1v) is 7.47. The van der Waals surface area contributed by atoms with E-state index in [4.69, 9.17) is 5.10 Å². The fraction of sp³-hybridized carbons (Fsp3) is 0.529. The quantitative estimate of drug-likeness (QED) is 0.820. The van der Waals surface area contributed by atoms with Gasteiger partial charge in [-0.05, 0) is 42.9 Å². The van der Waals surface area contributed by atoms with Crippen molar-refractivity contribution in [2.24, 2.45) is 0 Å². The predicted octanol–water partition coefficient (Wildman–Crippen LogP) is 4.08. The molecule has 0 aliphatic rings. The third-order valence-corrected chi connectivity index (χ3v) is 3.66. The number of pyridine rings is 1. The molecule has 3 nitrogen and oxygen atoms in total. The van der Waals surface area contributed by atoms with Gasteiger partial charge in [-0.2, -0.15) is 5.10 Å². The highest BCUT2D eigenvalue weighted by Crippen LogP contribution is 2.18. The van der Waals surface area contributed by atoms with Crippen LogP contribution in [0.2, 0.25) is 0 Å². The zero-order valence-electron chi connectivity index (χ0n) is 13.2. The predicted molar refractivity (Wildman–Crippen MR) is 83.1 cm³/mol. The normalized spacial score (nSPS) is 11.6. The van der Waals surface area contributed by atoms with E-state index in [1.54, 1.807) is 0 Å². The Bertz CT molecular complexity index is 567. The van der Waals surface area contributed by atoms with Crippen molar-refractivity contribution in [1.82, 2.24) is 14.8 Å². The molecule has 2 aromatic rings. The molecule has 2 aromatic heterocycles. The zero-order valence-corrected chi connectivity index (χ0v) is 13.2. The Labute approximate surface area is 122 Å². The van der Waals surface area contributed by atoms with Crippen molar-refractivity contribution < 1.29 is 0 Å². The van der Waals surface area contributed by atoms with Gasteiger partial charge in [0.1, 0.15) is 0 Å². The lowest BCUT2D eigenvalue weighted by molar-refractivity contribution is 0.580. The molecule has 0 saturated heterocycles. The van der Waals surface area contributed by atoms with Crippen LogP contribution in [0.15, 0.2) is 24.4 Å². The Hall–Kier alpha value is -1.64. The van der Waals surface area contributed by atoms with E-state index in [9.17, 15) is 0 Å². The van der Waals surface area contributed by atoms with Crippen molar-refractivity contribution in [3.05, 3.63) is 47.0 Å². The molecule has 0 spiro atoms. The molecule has 0 atom stereocenters. The summed E-state index contributed by atoms with van der Waals surface area (Å²) >= 11 is 0. The van der Waals surface area contributed by atoms with Gasteiger partial charge in [0.05, 0.1) is 5.69 Å². The lowest BCUT2D eigenvalue weighted by Gasteiger charge is -2.11. The second-order valence-electron chi connectivity index (χ2n) is 6.04. The van der Waals surface area contributed by atoms with Crippen LogP contribution in [0.4, 0.5) is 0 Å². The molecule has 0 N–H and O–H groups in total. The van der Waals surface area contributed by atoms with E-state index >= 15 is 0 Å². The smallest absolute Gasteiger partial charge is 0.0652 e. The first-order valence-electron chi connectivity index (χ1n) is 7.47. The number of nitrogens with zero attached hydrogens (tertiary/aromatic N) is 3. The maximum atomic E-state index is 4.70. The minimum atomic E-state index is 0.469. The van der Waals surface area contributed by atoms with Gasteiger partial charge < -0.3 is 0 Å². The highest BCUT2D eigenvalue weighted by Gasteiger charge is 2.10. The van der Waals surface area contributed by atoms with Crippen LogP contribution in [0.5, 0.6) is 0 Å². The van der Waals surface area contributed by atoms with E-state index < -0.39 is 0 Å². The molecule has 2 rings (SSSR count). The van der Waals surface area contributed by atoms with Gasteiger partial charge >= 0.3 is 0 Å². The van der Waals surface area contributed by atoms with E-state index in [2.05, 4.69) is 56.4 Å². The molecule has 0 aliphatic carbocycles. The van der Waals surface area contributed by atoms with Gasteiger partial charge in [0.2, 0.25) is 0 Å². The van der Waals surface area contributed by atoms with Gasteiger partial charge in [-0.15, -0.1) is 0 Å². The molecule has 0 aliphatic heterocycles. The number of hydrogen-bond donors (Lipinski definition) is 0. The third-order valence-electron chi connectivity index (χ3n) is 3.66. The standard InChI is InChI=1S/C17H25N3/c1-12(2)16-11-14(5)20(19-16)10-8-15-7-6-9-18-17(15)13(3)4/h6-7,9,11-13H,8,10H2,1-5H3. The lowest BCUT2D eigenvalue weighted by Crippen LogP contribution is -2.08. The fourth-order valence-electron chi connectivity index (χ4n) is 2.45. The van der Waals surface area contributed by atoms with Gasteiger partial charge in [0.15, 0.2) is 0 Å². The molecule has 2 heterocycles. The summed E-state index contributed by atoms with van der Waals surface area (Å²) in [4.78, 5) is 4.52. The average Bonchev–Trinajstić information content (AvgIpc) is 2.78. The number of aromatic nitrogens is 3. The summed E-state index contributed by atoms with van der Waals surface area (Å²) in [5.41, 5.74) is 4.96. The van der Waals surface area contributed by atoms with E-state index in [0.717, 1.165) is 13.0 Å². The molecular weight excluding hydrogens is 246 g/mol. The minimum Gasteiger partial charge on any atom is -0.269 e. The summed E-state index contributed by atoms with van der Waals surface area (Å²) < 4.78 is 2.12. The molecule has 20 heavy (non-hydrogen) atoms. The van der Waals surface area contributed by atoms with Gasteiger partial charge in [0, 0.05) is 24.1 Å². The molecular formula is C17H25N3. The molecule has 108 valence electrons. The van der Waals surface area contributed by atoms with Crippen LogP contribution in [0.25, 0.3) is 0 Å². The highest BCUT2D eigenvalue weighted by molar-refractivity contribution is 5.22. The fourth-order valence-corrected chi connectivity index (χ4v) is 2.45. The lowest BCUT2D eigenvalue weighted by atomic mass is 10.0. The van der Waals surface area contributed by atoms with Crippen LogP contribution in [0.3, 0.4) is 0 Å². The van der Waals surface area contributed by atoms with E-state index in [0.29, 0.717) is 11.8 Å². The molecule has 0 bridgehead atoms. The van der Waals surface area contributed by atoms with Gasteiger partial charge in [0.25, 0.3) is 0 Å². The zero-order chi connectivity index (χ0) is 14.7. The summed E-state index contributed by atoms with van der Waals surface area (Å²) in [6.45, 7) is 11.8. The Morgan fingerprint density at radius 2 is 1.90 bits per heavy atom. The first kappa shape index (κ1) is 14.8. The number of rotatable bonds is 5. The van der Waals surface area contributed by atoms with Crippen molar-refractivity contribution in [2.75, 3.05) is 0 Å². The Kier molecular flexibility index (Phi) is 4.58. The molecule has 0 aromatic carbocycles. The Morgan fingerprint density at radius 1 is 1.15 bits per heavy atom. The molecule has 0 fully saturated rings. The topological polar surface area (TPSA) is 30.7 Å². The van der Waals surface area contributed by atoms with Crippen LogP contribution < -0.4 is 0 Å². The summed E-state index contributed by atoms with van der Waals surface area (Å²) in [5, 5.41) is 4.70. The second-order valence-corrected chi connectivity index (χ2v) is 6.04. The maximum Gasteiger partial charge on any atom is 0.0652 e. The van der Waals surface area contributed by atoms with Crippen molar-refractivity contribution in [1.29, 1.82) is 0 Å². The summed E-state index contributed by atoms with van der Waals surface area (Å²) in [7, 11) is 0. The van der Waals surface area contributed by atoms with Crippen LogP contribution in [0, 0.1) is 6.92 Å². The van der Waals surface area contributed by atoms with E-state index in [1.807, 2.05) is 12.3 Å². The van der Waals surface area contributed by atoms with Crippen molar-refractivity contribution in [3.63, 3.8) is 0 Å². The second kappa shape index (κ2) is 6.21. The van der Waals surface area contributed by atoms with Crippen LogP contribution in [0.1, 0.15) is 62.2 Å². The van der Waals surface area contributed by atoms with Gasteiger partial charge in [-0.25, -0.2) is 0 Å². The number of hydrogen-bond acceptors (Lipinski definition) is 2. The average molecular weight is 271 g/mol. The van der Waals surface area contributed by atoms with Crippen LogP contribution in [-0.2, 0) is 13.0 Å². The largest absolute Gasteiger partial charge is 0.269 e. The van der Waals surface area contributed by atoms with E-state index in [-0.39, 0.29) is 0 Å². The van der Waals surface area contributed by atoms with Crippen molar-refractivity contribution in [3.8, 4) is 0 Å². The molecule has 0 unspecified atom stereocenters. The molecule has 0 amide bonds. The van der Waals surface area contributed by atoms with E-state index in [1.165, 1.54) is 22.6 Å². The SMILES string of the molecule is Cc1cc(C(C)C)nn1CCc1cccnc1C(C)C. The Morgan fingerprint density at radius 3 is 2.50 bits per heavy atom. The number of aryl methyl sites for hydroxylation is 3. The first-order chi connectivity index (χ1) is 9.49. The van der Waals surface area contributed by atoms with Crippen LogP contribution >= 0.6 is 0 Å². The van der Waals surface area contributed by atoms with Gasteiger partial charge in [-0.3, -0.25) is 9.67 Å². The van der Waals surface area contributed by atoms with Crippen molar-refractivity contribution in [2.45, 2.75) is 59.4 Å². The van der Waals surface area contributed by atoms with Crippen molar-refractivity contribution >= 4 is 0 Å². The Balaban J connectivity index is 2.13. The van der Waals surface area contributed by atoms with Crippen LogP contribution in [-0.4, -0.2) is 14.8 Å². The van der Waals surface area contributed by atoms with Gasteiger partial charge in [-0.1, -0.05) is 33.8 Å². The molecule has 3 heteroatoms. The maximum absolute atomic E-state index is 4.70. The highest BCUT2D eigenvalue weighted by atomic mass is 15.3. The summed E-state index contributed by atoms with van der Waals surface area (Å²) in [5.74, 6) is 0.954. The molecule has 0 radical (unpaired) electrons. The molecule has 0 saturated carbocycles. The summed E-state index contributed by atoms with van der Waals surface area (Å²) in [6.07, 6.45) is 2.87.